The van der Waals surface area contributed by atoms with Crippen LogP contribution in [0.5, 0.6) is 0 Å². The molecular formula is C50H50N4O6S2. The van der Waals surface area contributed by atoms with E-state index in [-0.39, 0.29) is 34.8 Å². The molecule has 2 unspecified atom stereocenters. The molecule has 2 amide bonds. The highest BCUT2D eigenvalue weighted by molar-refractivity contribution is 7.17. The predicted octanol–water partition coefficient (Wildman–Crippen LogP) is 11.4. The second-order valence-electron chi connectivity index (χ2n) is 15.6. The molecule has 2 atom stereocenters. The van der Waals surface area contributed by atoms with E-state index >= 15 is 9.59 Å². The molecule has 2 aromatic heterocycles. The van der Waals surface area contributed by atoms with E-state index in [4.69, 9.17) is 0 Å². The molecule has 0 fully saturated rings. The van der Waals surface area contributed by atoms with E-state index in [2.05, 4.69) is 27.7 Å². The van der Waals surface area contributed by atoms with Crippen molar-refractivity contribution in [3.05, 3.63) is 116 Å². The molecule has 4 aromatic rings. The third-order valence-electron chi connectivity index (χ3n) is 11.5. The first-order chi connectivity index (χ1) is 30.0. The van der Waals surface area contributed by atoms with Crippen LogP contribution < -0.4 is 0 Å². The lowest BCUT2D eigenvalue weighted by molar-refractivity contribution is -0.133. The summed E-state index contributed by atoms with van der Waals surface area (Å²) in [6, 6.07) is 25.9. The van der Waals surface area contributed by atoms with E-state index in [1.807, 2.05) is 58.3 Å². The summed E-state index contributed by atoms with van der Waals surface area (Å²) in [4.78, 5) is 60.3. The molecule has 318 valence electrons. The monoisotopic (exact) mass is 866 g/mol. The van der Waals surface area contributed by atoms with E-state index in [0.717, 1.165) is 82.0 Å². The first-order valence-corrected chi connectivity index (χ1v) is 22.8. The van der Waals surface area contributed by atoms with Crippen molar-refractivity contribution in [3.63, 3.8) is 0 Å². The van der Waals surface area contributed by atoms with Gasteiger partial charge < -0.3 is 20.0 Å². The van der Waals surface area contributed by atoms with Gasteiger partial charge in [-0.05, 0) is 83.3 Å². The number of fused-ring (bicyclic) bond motifs is 1. The van der Waals surface area contributed by atoms with Crippen LogP contribution in [0.25, 0.3) is 44.4 Å². The zero-order valence-electron chi connectivity index (χ0n) is 35.4. The van der Waals surface area contributed by atoms with Crippen LogP contribution in [0.15, 0.2) is 95.1 Å². The van der Waals surface area contributed by atoms with E-state index in [1.54, 1.807) is 36.4 Å². The Morgan fingerprint density at radius 1 is 0.597 bits per heavy atom. The Hall–Kier alpha value is -6.34. The fraction of sp³-hybridized carbons (Fsp3) is 0.320. The van der Waals surface area contributed by atoms with Crippen molar-refractivity contribution in [2.75, 3.05) is 13.1 Å². The number of carboxylic acids is 2. The average molecular weight is 867 g/mol. The number of nitrogens with zero attached hydrogens (tertiary/aromatic N) is 4. The van der Waals surface area contributed by atoms with Crippen LogP contribution in [0.2, 0.25) is 0 Å². The van der Waals surface area contributed by atoms with Gasteiger partial charge in [0.1, 0.15) is 23.3 Å². The molecule has 4 heterocycles. The molecule has 2 N–H and O–H groups in total. The average Bonchev–Trinajstić information content (AvgIpc) is 4.07. The number of nitriles is 2. The van der Waals surface area contributed by atoms with E-state index in [1.165, 1.54) is 34.8 Å². The Kier molecular flexibility index (Phi) is 14.9. The van der Waals surface area contributed by atoms with Gasteiger partial charge in [0.25, 0.3) is 11.8 Å². The van der Waals surface area contributed by atoms with Crippen LogP contribution in [-0.4, -0.2) is 56.9 Å². The molecule has 0 saturated carbocycles. The third kappa shape index (κ3) is 9.73. The van der Waals surface area contributed by atoms with Gasteiger partial charge in [-0.2, -0.15) is 10.5 Å². The van der Waals surface area contributed by atoms with Gasteiger partial charge in [0.15, 0.2) is 0 Å². The Balaban J connectivity index is 1.48. The summed E-state index contributed by atoms with van der Waals surface area (Å²) in [6.07, 6.45) is 10.5. The van der Waals surface area contributed by atoms with Crippen molar-refractivity contribution in [1.29, 1.82) is 10.5 Å². The van der Waals surface area contributed by atoms with Gasteiger partial charge in [-0.3, -0.25) is 9.59 Å². The minimum absolute atomic E-state index is 0.173. The molecule has 2 aromatic carbocycles. The van der Waals surface area contributed by atoms with Gasteiger partial charge in [0.05, 0.1) is 32.3 Å². The van der Waals surface area contributed by atoms with Gasteiger partial charge in [-0.1, -0.05) is 115 Å². The van der Waals surface area contributed by atoms with Crippen molar-refractivity contribution in [2.45, 2.75) is 79.1 Å². The highest BCUT2D eigenvalue weighted by Gasteiger charge is 2.50. The topological polar surface area (TPSA) is 163 Å². The number of amides is 2. The summed E-state index contributed by atoms with van der Waals surface area (Å²) in [6.45, 7) is 9.59. The van der Waals surface area contributed by atoms with Gasteiger partial charge >= 0.3 is 11.9 Å². The van der Waals surface area contributed by atoms with Crippen molar-refractivity contribution < 1.29 is 29.4 Å². The highest BCUT2D eigenvalue weighted by atomic mass is 32.1. The molecule has 62 heavy (non-hydrogen) atoms. The van der Waals surface area contributed by atoms with Crippen molar-refractivity contribution in [3.8, 4) is 33.0 Å². The van der Waals surface area contributed by atoms with E-state index in [9.17, 15) is 30.3 Å². The zero-order chi connectivity index (χ0) is 44.5. The molecule has 2 aliphatic rings. The lowest BCUT2D eigenvalue weighted by atomic mass is 9.98. The second-order valence-corrected chi connectivity index (χ2v) is 17.8. The maximum Gasteiger partial charge on any atom is 0.346 e. The second kappa shape index (κ2) is 20.5. The summed E-state index contributed by atoms with van der Waals surface area (Å²) >= 11 is 3.00. The van der Waals surface area contributed by atoms with Crippen molar-refractivity contribution >= 4 is 70.0 Å². The van der Waals surface area contributed by atoms with Crippen molar-refractivity contribution in [1.82, 2.24) is 9.80 Å². The number of carbonyl (C=O) groups excluding carboxylic acids is 2. The van der Waals surface area contributed by atoms with Gasteiger partial charge in [0.2, 0.25) is 0 Å². The summed E-state index contributed by atoms with van der Waals surface area (Å²) < 4.78 is 0. The fourth-order valence-electron chi connectivity index (χ4n) is 7.95. The van der Waals surface area contributed by atoms with Gasteiger partial charge in [0, 0.05) is 22.8 Å². The van der Waals surface area contributed by atoms with Crippen LogP contribution in [-0.2, 0) is 19.2 Å². The highest BCUT2D eigenvalue weighted by Crippen LogP contribution is 2.50. The third-order valence-corrected chi connectivity index (χ3v) is 13.8. The Labute approximate surface area is 371 Å². The molecule has 0 bridgehead atoms. The van der Waals surface area contributed by atoms with Gasteiger partial charge in [-0.25, -0.2) is 9.59 Å². The number of benzene rings is 2. The lowest BCUT2D eigenvalue weighted by Gasteiger charge is -2.29. The molecule has 6 rings (SSSR count). The smallest absolute Gasteiger partial charge is 0.346 e. The lowest BCUT2D eigenvalue weighted by Crippen LogP contribution is -2.34. The number of unbranched alkanes of at least 4 members (excludes halogenated alkanes) is 2. The Morgan fingerprint density at radius 3 is 1.26 bits per heavy atom. The quantitative estimate of drug-likeness (QED) is 0.0655. The number of hydrogen-bond acceptors (Lipinski definition) is 8. The standard InChI is InChI=1S/C50H50N4O6S2/c1-5-9-11-31(7-3)29-53-45(41-23-21-39(61-41)35-17-13-33(14-18-35)25-37(27-51)49(57)58)43-44(47(53)55)46(54(48(43)56)30-32(8-4)12-10-6-2)42-24-22-40(62-42)36-19-15-34(16-20-36)26-38(28-52)50(59)60/h13-26,31-32H,5-12,29-30H2,1-4H3,(H,57,58)(H,59,60)/b37-25-,38-26+. The largest absolute Gasteiger partial charge is 0.477 e. The van der Waals surface area contributed by atoms with E-state index in [0.29, 0.717) is 46.8 Å². The van der Waals surface area contributed by atoms with Crippen LogP contribution in [0.3, 0.4) is 0 Å². The number of carboxylic acid groups (broad SMARTS) is 2. The van der Waals surface area contributed by atoms with Crippen molar-refractivity contribution in [2.24, 2.45) is 11.8 Å². The maximum absolute atomic E-state index is 15.2. The molecule has 0 aliphatic carbocycles. The zero-order valence-corrected chi connectivity index (χ0v) is 37.1. The van der Waals surface area contributed by atoms with Crippen LogP contribution in [0, 0.1) is 34.5 Å². The van der Waals surface area contributed by atoms with Gasteiger partial charge in [-0.15, -0.1) is 22.7 Å². The Bertz CT molecular complexity index is 2380. The van der Waals surface area contributed by atoms with Crippen LogP contribution in [0.4, 0.5) is 0 Å². The van der Waals surface area contributed by atoms with E-state index < -0.39 is 11.9 Å². The summed E-state index contributed by atoms with van der Waals surface area (Å²) in [5.74, 6) is -2.46. The number of aliphatic carboxylic acids is 2. The summed E-state index contributed by atoms with van der Waals surface area (Å²) in [7, 11) is 0. The molecular weight excluding hydrogens is 817 g/mol. The normalized spacial score (nSPS) is 15.3. The SMILES string of the molecule is CCCCC(CC)CN1C(=O)C2=C(c3ccc(-c4ccc(/C=C(\C#N)C(=O)O)cc4)s3)N(CC(CC)CCCC)C(=O)C2=C1c1ccc(-c2ccc(/C=C(/C#N)C(=O)O)cc2)s1. The number of thiophene rings is 2. The minimum atomic E-state index is -1.29. The molecule has 0 spiro atoms. The molecule has 12 heteroatoms. The minimum Gasteiger partial charge on any atom is -0.477 e. The molecule has 0 saturated heterocycles. The predicted molar refractivity (Wildman–Crippen MR) is 246 cm³/mol. The summed E-state index contributed by atoms with van der Waals surface area (Å²) in [5, 5.41) is 37.1. The number of carbonyl (C=O) groups is 4. The number of hydrogen-bond donors (Lipinski definition) is 2. The molecule has 0 radical (unpaired) electrons. The first-order valence-electron chi connectivity index (χ1n) is 21.2. The number of rotatable bonds is 20. The van der Waals surface area contributed by atoms with Crippen LogP contribution >= 0.6 is 22.7 Å². The fourth-order valence-corrected chi connectivity index (χ4v) is 10.1. The summed E-state index contributed by atoms with van der Waals surface area (Å²) in [5.41, 5.74) is 4.36. The Morgan fingerprint density at radius 2 is 0.952 bits per heavy atom. The molecule has 2 aliphatic heterocycles. The first kappa shape index (κ1) is 45.2. The maximum atomic E-state index is 15.2. The van der Waals surface area contributed by atoms with Crippen LogP contribution in [0.1, 0.15) is 99.9 Å². The molecule has 10 nitrogen and oxygen atoms in total.